The van der Waals surface area contributed by atoms with Crippen LogP contribution in [0.5, 0.6) is 0 Å². The second kappa shape index (κ2) is 4.71. The van der Waals surface area contributed by atoms with Crippen LogP contribution in [0.3, 0.4) is 0 Å². The lowest BCUT2D eigenvalue weighted by atomic mass is 10.3. The zero-order valence-corrected chi connectivity index (χ0v) is 12.6. The van der Waals surface area contributed by atoms with Crippen molar-refractivity contribution in [2.24, 2.45) is 0 Å². The molecule has 0 aliphatic carbocycles. The molecule has 0 bridgehead atoms. The van der Waals surface area contributed by atoms with E-state index in [9.17, 15) is 16.8 Å². The van der Waals surface area contributed by atoms with Gasteiger partial charge in [-0.15, -0.1) is 0 Å². The van der Waals surface area contributed by atoms with Crippen LogP contribution in [0.1, 0.15) is 6.42 Å². The minimum absolute atomic E-state index is 0.0271. The summed E-state index contributed by atoms with van der Waals surface area (Å²) < 4.78 is 48.4. The molecule has 2 rings (SSSR count). The first-order valence-electron chi connectivity index (χ1n) is 5.02. The number of halogens is 1. The Bertz CT molecular complexity index is 652. The summed E-state index contributed by atoms with van der Waals surface area (Å²) in [6, 6.07) is -0.513. The van der Waals surface area contributed by atoms with E-state index in [0.717, 1.165) is 15.6 Å². The van der Waals surface area contributed by atoms with Crippen molar-refractivity contribution in [3.63, 3.8) is 0 Å². The topological polar surface area (TPSA) is 84.4 Å². The van der Waals surface area contributed by atoms with E-state index in [2.05, 4.69) is 4.98 Å². The number of hydrogen-bond donors (Lipinski definition) is 0. The maximum absolute atomic E-state index is 12.2. The molecule has 2 heterocycles. The zero-order valence-electron chi connectivity index (χ0n) is 9.41. The lowest BCUT2D eigenvalue weighted by molar-refractivity contribution is 0.395. The predicted molar refractivity (Wildman–Crippen MR) is 69.1 cm³/mol. The first-order chi connectivity index (χ1) is 8.22. The summed E-state index contributed by atoms with van der Waals surface area (Å²) in [5.74, 6) is -0.101. The molecular weight excluding hydrogens is 320 g/mol. The van der Waals surface area contributed by atoms with Crippen molar-refractivity contribution in [3.8, 4) is 0 Å². The Kier molecular flexibility index (Phi) is 3.72. The molecule has 0 saturated carbocycles. The van der Waals surface area contributed by atoms with Gasteiger partial charge in [0.05, 0.1) is 17.7 Å². The van der Waals surface area contributed by atoms with Crippen LogP contribution < -0.4 is 0 Å². The monoisotopic (exact) mass is 330 g/mol. The molecule has 0 aromatic carbocycles. The zero-order chi connectivity index (χ0) is 13.6. The largest absolute Gasteiger partial charge is 0.254 e. The van der Waals surface area contributed by atoms with E-state index in [4.69, 9.17) is 11.6 Å². The van der Waals surface area contributed by atoms with Crippen molar-refractivity contribution in [3.05, 3.63) is 10.7 Å². The van der Waals surface area contributed by atoms with Gasteiger partial charge >= 0.3 is 0 Å². The number of nitrogens with zero attached hydrogens (tertiary/aromatic N) is 2. The Morgan fingerprint density at radius 2 is 2.22 bits per heavy atom. The van der Waals surface area contributed by atoms with Gasteiger partial charge in [0.1, 0.15) is 0 Å². The molecule has 1 atom stereocenters. The summed E-state index contributed by atoms with van der Waals surface area (Å²) in [7, 11) is -5.45. The fourth-order valence-electron chi connectivity index (χ4n) is 1.76. The third-order valence-corrected chi connectivity index (χ3v) is 8.02. The number of aromatic nitrogens is 1. The molecule has 1 aromatic heterocycles. The average Bonchev–Trinajstić information content (AvgIpc) is 2.83. The normalized spacial score (nSPS) is 23.6. The quantitative estimate of drug-likeness (QED) is 0.810. The van der Waals surface area contributed by atoms with Crippen molar-refractivity contribution < 1.29 is 16.8 Å². The van der Waals surface area contributed by atoms with Crippen LogP contribution in [-0.2, 0) is 19.9 Å². The molecule has 0 amide bonds. The van der Waals surface area contributed by atoms with Crippen LogP contribution in [0, 0.1) is 0 Å². The maximum Gasteiger partial charge on any atom is 0.254 e. The minimum atomic E-state index is -3.71. The first kappa shape index (κ1) is 14.2. The molecule has 1 aromatic rings. The number of sulfonamides is 1. The van der Waals surface area contributed by atoms with E-state index in [0.29, 0.717) is 6.42 Å². The Balaban J connectivity index is 2.26. The third-order valence-electron chi connectivity index (χ3n) is 2.81. The van der Waals surface area contributed by atoms with Crippen molar-refractivity contribution in [2.75, 3.05) is 18.6 Å². The molecule has 0 N–H and O–H groups in total. The highest BCUT2D eigenvalue weighted by atomic mass is 35.5. The van der Waals surface area contributed by atoms with E-state index in [1.165, 1.54) is 13.2 Å². The summed E-state index contributed by atoms with van der Waals surface area (Å²) in [4.78, 5) is 3.68. The van der Waals surface area contributed by atoms with Crippen molar-refractivity contribution >= 4 is 42.8 Å². The van der Waals surface area contributed by atoms with Gasteiger partial charge in [-0.1, -0.05) is 22.9 Å². The van der Waals surface area contributed by atoms with E-state index in [1.807, 2.05) is 0 Å². The SMILES string of the molecule is CN(C1CCS(=O)(=O)C1)S(=O)(=O)c1cnc(Cl)s1. The average molecular weight is 331 g/mol. The summed E-state index contributed by atoms with van der Waals surface area (Å²) in [6.07, 6.45) is 1.51. The molecule has 1 aliphatic heterocycles. The van der Waals surface area contributed by atoms with Crippen molar-refractivity contribution in [1.82, 2.24) is 9.29 Å². The number of thiazole rings is 1. The second-order valence-electron chi connectivity index (χ2n) is 4.01. The van der Waals surface area contributed by atoms with E-state index in [1.54, 1.807) is 0 Å². The fraction of sp³-hybridized carbons (Fsp3) is 0.625. The minimum Gasteiger partial charge on any atom is -0.232 e. The van der Waals surface area contributed by atoms with Crippen LogP contribution in [-0.4, -0.2) is 50.7 Å². The molecule has 1 saturated heterocycles. The van der Waals surface area contributed by atoms with Gasteiger partial charge in [-0.05, 0) is 6.42 Å². The molecule has 1 unspecified atom stereocenters. The Morgan fingerprint density at radius 1 is 1.56 bits per heavy atom. The van der Waals surface area contributed by atoms with Gasteiger partial charge in [0, 0.05) is 13.1 Å². The standard InChI is InChI=1S/C8H11ClN2O4S3/c1-11(6-2-3-17(12,13)5-6)18(14,15)7-4-10-8(9)16-7/h4,6H,2-3,5H2,1H3. The Hall–Kier alpha value is -0.220. The van der Waals surface area contributed by atoms with Crippen LogP contribution in [0.15, 0.2) is 10.4 Å². The molecule has 0 radical (unpaired) electrons. The molecule has 10 heteroatoms. The Labute approximate surface area is 115 Å². The molecule has 0 spiro atoms. The van der Waals surface area contributed by atoms with Crippen LogP contribution in [0.4, 0.5) is 0 Å². The molecule has 1 fully saturated rings. The number of hydrogen-bond acceptors (Lipinski definition) is 6. The molecule has 18 heavy (non-hydrogen) atoms. The van der Waals surface area contributed by atoms with Crippen LogP contribution >= 0.6 is 22.9 Å². The second-order valence-corrected chi connectivity index (χ2v) is 10.1. The van der Waals surface area contributed by atoms with Gasteiger partial charge in [-0.25, -0.2) is 21.8 Å². The summed E-state index contributed by atoms with van der Waals surface area (Å²) in [5, 5.41) is 0. The molecular formula is C8H11ClN2O4S3. The Morgan fingerprint density at radius 3 is 2.67 bits per heavy atom. The van der Waals surface area contributed by atoms with Gasteiger partial charge < -0.3 is 0 Å². The third kappa shape index (κ3) is 2.69. The van der Waals surface area contributed by atoms with Gasteiger partial charge in [-0.2, -0.15) is 4.31 Å². The van der Waals surface area contributed by atoms with Crippen molar-refractivity contribution in [1.29, 1.82) is 0 Å². The van der Waals surface area contributed by atoms with E-state index in [-0.39, 0.29) is 20.2 Å². The van der Waals surface area contributed by atoms with Crippen LogP contribution in [0.2, 0.25) is 4.47 Å². The van der Waals surface area contributed by atoms with Gasteiger partial charge in [0.2, 0.25) is 0 Å². The lowest BCUT2D eigenvalue weighted by Crippen LogP contribution is -2.37. The fourth-order valence-corrected chi connectivity index (χ4v) is 6.49. The molecule has 1 aliphatic rings. The first-order valence-corrected chi connectivity index (χ1v) is 9.48. The van der Waals surface area contributed by atoms with Gasteiger partial charge in [0.15, 0.2) is 18.5 Å². The predicted octanol–water partition coefficient (Wildman–Crippen LogP) is 0.604. The highest BCUT2D eigenvalue weighted by Gasteiger charge is 2.37. The molecule has 6 nitrogen and oxygen atoms in total. The van der Waals surface area contributed by atoms with Gasteiger partial charge in [-0.3, -0.25) is 0 Å². The summed E-state index contributed by atoms with van der Waals surface area (Å²) in [6.45, 7) is 0. The lowest BCUT2D eigenvalue weighted by Gasteiger charge is -2.21. The van der Waals surface area contributed by atoms with Gasteiger partial charge in [0.25, 0.3) is 10.0 Å². The highest BCUT2D eigenvalue weighted by Crippen LogP contribution is 2.28. The summed E-state index contributed by atoms with van der Waals surface area (Å²) in [5.41, 5.74) is 0. The molecule has 102 valence electrons. The van der Waals surface area contributed by atoms with Crippen molar-refractivity contribution in [2.45, 2.75) is 16.7 Å². The smallest absolute Gasteiger partial charge is 0.232 e. The number of rotatable bonds is 3. The number of sulfone groups is 1. The van der Waals surface area contributed by atoms with Crippen LogP contribution in [0.25, 0.3) is 0 Å². The summed E-state index contributed by atoms with van der Waals surface area (Å²) >= 11 is 6.46. The van der Waals surface area contributed by atoms with E-state index < -0.39 is 25.9 Å². The maximum atomic E-state index is 12.2. The highest BCUT2D eigenvalue weighted by molar-refractivity contribution is 7.92. The van der Waals surface area contributed by atoms with E-state index >= 15 is 0 Å².